The first-order valence-corrected chi connectivity index (χ1v) is 7.72. The van der Waals surface area contributed by atoms with Gasteiger partial charge in [-0.15, -0.1) is 0 Å². The zero-order valence-electron chi connectivity index (χ0n) is 12.4. The van der Waals surface area contributed by atoms with E-state index in [-0.39, 0.29) is 18.7 Å². The van der Waals surface area contributed by atoms with E-state index in [9.17, 15) is 5.11 Å². The van der Waals surface area contributed by atoms with E-state index in [0.717, 1.165) is 13.0 Å². The van der Waals surface area contributed by atoms with Crippen molar-refractivity contribution in [1.29, 1.82) is 0 Å². The summed E-state index contributed by atoms with van der Waals surface area (Å²) in [5.41, 5.74) is 6.33. The van der Waals surface area contributed by atoms with Crippen molar-refractivity contribution in [2.45, 2.75) is 77.4 Å². The Balaban J connectivity index is 2.69. The van der Waals surface area contributed by atoms with E-state index in [0.29, 0.717) is 12.0 Å². The predicted molar refractivity (Wildman–Crippen MR) is 77.6 cm³/mol. The summed E-state index contributed by atoms with van der Waals surface area (Å²) in [6.07, 6.45) is 7.34. The molecule has 0 spiro atoms. The highest BCUT2D eigenvalue weighted by molar-refractivity contribution is 4.87. The number of rotatable bonds is 6. The van der Waals surface area contributed by atoms with Crippen LogP contribution in [0.4, 0.5) is 0 Å². The van der Waals surface area contributed by atoms with Gasteiger partial charge in [0.05, 0.1) is 6.61 Å². The van der Waals surface area contributed by atoms with Gasteiger partial charge in [0.1, 0.15) is 0 Å². The highest BCUT2D eigenvalue weighted by atomic mass is 16.3. The molecule has 1 heterocycles. The highest BCUT2D eigenvalue weighted by Gasteiger charge is 2.30. The summed E-state index contributed by atoms with van der Waals surface area (Å²) in [7, 11) is 0. The van der Waals surface area contributed by atoms with Crippen LogP contribution in [0.3, 0.4) is 0 Å². The maximum Gasteiger partial charge on any atom is 0.0602 e. The van der Waals surface area contributed by atoms with Crippen LogP contribution in [0.25, 0.3) is 0 Å². The fraction of sp³-hybridized carbons (Fsp3) is 1.00. The molecule has 0 amide bonds. The Labute approximate surface area is 113 Å². The van der Waals surface area contributed by atoms with Gasteiger partial charge in [-0.1, -0.05) is 33.6 Å². The van der Waals surface area contributed by atoms with Gasteiger partial charge < -0.3 is 10.8 Å². The molecule has 0 aliphatic carbocycles. The Kier molecular flexibility index (Phi) is 7.20. The van der Waals surface area contributed by atoms with Crippen molar-refractivity contribution >= 4 is 0 Å². The molecule has 0 aromatic rings. The molecule has 0 aromatic carbocycles. The van der Waals surface area contributed by atoms with E-state index in [1.807, 2.05) is 0 Å². The van der Waals surface area contributed by atoms with Crippen LogP contribution in [0.2, 0.25) is 0 Å². The molecular formula is C15H32N2O. The van der Waals surface area contributed by atoms with Crippen molar-refractivity contribution in [3.63, 3.8) is 0 Å². The minimum Gasteiger partial charge on any atom is -0.395 e. The molecule has 1 fully saturated rings. The van der Waals surface area contributed by atoms with Crippen LogP contribution >= 0.6 is 0 Å². The maximum atomic E-state index is 9.75. The molecule has 3 atom stereocenters. The molecule has 3 nitrogen and oxygen atoms in total. The minimum absolute atomic E-state index is 0.0992. The fourth-order valence-corrected chi connectivity index (χ4v) is 3.26. The molecule has 1 rings (SSSR count). The lowest BCUT2D eigenvalue weighted by Crippen LogP contribution is -2.54. The molecule has 0 saturated carbocycles. The second kappa shape index (κ2) is 8.13. The largest absolute Gasteiger partial charge is 0.395 e. The third-order valence-corrected chi connectivity index (χ3v) is 4.24. The van der Waals surface area contributed by atoms with Gasteiger partial charge in [0.15, 0.2) is 0 Å². The van der Waals surface area contributed by atoms with Crippen LogP contribution in [0.5, 0.6) is 0 Å². The molecule has 1 aliphatic rings. The summed E-state index contributed by atoms with van der Waals surface area (Å²) < 4.78 is 0. The number of aliphatic hydroxyl groups is 1. The van der Waals surface area contributed by atoms with Gasteiger partial charge in [-0.2, -0.15) is 0 Å². The zero-order valence-corrected chi connectivity index (χ0v) is 12.4. The minimum atomic E-state index is 0.0992. The van der Waals surface area contributed by atoms with E-state index in [1.165, 1.54) is 32.1 Å². The number of likely N-dealkylation sites (tertiary alicyclic amines) is 1. The van der Waals surface area contributed by atoms with Gasteiger partial charge >= 0.3 is 0 Å². The van der Waals surface area contributed by atoms with E-state index >= 15 is 0 Å². The maximum absolute atomic E-state index is 9.75. The smallest absolute Gasteiger partial charge is 0.0602 e. The molecule has 1 aliphatic heterocycles. The van der Waals surface area contributed by atoms with Crippen LogP contribution in [-0.4, -0.2) is 41.3 Å². The molecule has 1 saturated heterocycles. The van der Waals surface area contributed by atoms with Gasteiger partial charge in [-0.05, 0) is 38.1 Å². The van der Waals surface area contributed by atoms with Crippen LogP contribution in [0, 0.1) is 5.92 Å². The van der Waals surface area contributed by atoms with Crippen LogP contribution in [0.15, 0.2) is 0 Å². The SMILES string of the molecule is CCC1CCCCCN1C(CO)C(N)CC(C)C. The molecule has 0 bridgehead atoms. The van der Waals surface area contributed by atoms with E-state index in [1.54, 1.807) is 0 Å². The van der Waals surface area contributed by atoms with Crippen molar-refractivity contribution in [3.05, 3.63) is 0 Å². The third kappa shape index (κ3) is 4.52. The van der Waals surface area contributed by atoms with Crippen LogP contribution in [-0.2, 0) is 0 Å². The summed E-state index contributed by atoms with van der Waals surface area (Å²) in [6, 6.07) is 0.862. The number of hydrogen-bond donors (Lipinski definition) is 2. The third-order valence-electron chi connectivity index (χ3n) is 4.24. The van der Waals surface area contributed by atoms with E-state index < -0.39 is 0 Å². The lowest BCUT2D eigenvalue weighted by molar-refractivity contribution is 0.0621. The summed E-state index contributed by atoms with van der Waals surface area (Å²) in [4.78, 5) is 2.50. The molecule has 108 valence electrons. The first-order valence-electron chi connectivity index (χ1n) is 7.72. The van der Waals surface area contributed by atoms with Crippen LogP contribution < -0.4 is 5.73 Å². The molecule has 3 N–H and O–H groups in total. The van der Waals surface area contributed by atoms with Crippen molar-refractivity contribution in [2.75, 3.05) is 13.2 Å². The molecule has 3 unspecified atom stereocenters. The summed E-state index contributed by atoms with van der Waals surface area (Å²) in [6.45, 7) is 7.97. The van der Waals surface area contributed by atoms with Crippen molar-refractivity contribution in [1.82, 2.24) is 4.90 Å². The first-order chi connectivity index (χ1) is 8.60. The lowest BCUT2D eigenvalue weighted by Gasteiger charge is -2.39. The normalized spacial score (nSPS) is 26.0. The number of hydrogen-bond acceptors (Lipinski definition) is 3. The predicted octanol–water partition coefficient (Wildman–Crippen LogP) is 2.38. The zero-order chi connectivity index (χ0) is 13.5. The Morgan fingerprint density at radius 2 is 2.00 bits per heavy atom. The van der Waals surface area contributed by atoms with Gasteiger partial charge in [-0.25, -0.2) is 0 Å². The average molecular weight is 256 g/mol. The Bertz CT molecular complexity index is 221. The summed E-state index contributed by atoms with van der Waals surface area (Å²) >= 11 is 0. The first kappa shape index (κ1) is 15.9. The second-order valence-corrected chi connectivity index (χ2v) is 6.19. The van der Waals surface area contributed by atoms with Gasteiger partial charge in [-0.3, -0.25) is 4.90 Å². The molecule has 0 aromatic heterocycles. The van der Waals surface area contributed by atoms with Crippen molar-refractivity contribution in [2.24, 2.45) is 11.7 Å². The van der Waals surface area contributed by atoms with E-state index in [2.05, 4.69) is 25.7 Å². The lowest BCUT2D eigenvalue weighted by atomic mass is 9.95. The quantitative estimate of drug-likeness (QED) is 0.767. The second-order valence-electron chi connectivity index (χ2n) is 6.19. The molecular weight excluding hydrogens is 224 g/mol. The topological polar surface area (TPSA) is 49.5 Å². The fourth-order valence-electron chi connectivity index (χ4n) is 3.26. The van der Waals surface area contributed by atoms with Gasteiger partial charge in [0, 0.05) is 18.1 Å². The number of nitrogens with two attached hydrogens (primary N) is 1. The Morgan fingerprint density at radius 1 is 1.28 bits per heavy atom. The Morgan fingerprint density at radius 3 is 2.56 bits per heavy atom. The molecule has 0 radical (unpaired) electrons. The Hall–Kier alpha value is -0.120. The van der Waals surface area contributed by atoms with Gasteiger partial charge in [0.25, 0.3) is 0 Å². The monoisotopic (exact) mass is 256 g/mol. The molecule has 18 heavy (non-hydrogen) atoms. The van der Waals surface area contributed by atoms with Crippen LogP contribution in [0.1, 0.15) is 59.3 Å². The van der Waals surface area contributed by atoms with Gasteiger partial charge in [0.2, 0.25) is 0 Å². The summed E-state index contributed by atoms with van der Waals surface area (Å²) in [5, 5.41) is 9.75. The highest BCUT2D eigenvalue weighted by Crippen LogP contribution is 2.23. The molecule has 3 heteroatoms. The number of nitrogens with zero attached hydrogens (tertiary/aromatic N) is 1. The van der Waals surface area contributed by atoms with Crippen molar-refractivity contribution in [3.8, 4) is 0 Å². The van der Waals surface area contributed by atoms with Crippen molar-refractivity contribution < 1.29 is 5.11 Å². The standard InChI is InChI=1S/C15H32N2O/c1-4-13-8-6-5-7-9-17(13)15(11-18)14(16)10-12(2)3/h12-15,18H,4-11,16H2,1-3H3. The average Bonchev–Trinajstić information content (AvgIpc) is 2.54. The summed E-state index contributed by atoms with van der Waals surface area (Å²) in [5.74, 6) is 0.598. The number of aliphatic hydroxyl groups excluding tert-OH is 1. The van der Waals surface area contributed by atoms with E-state index in [4.69, 9.17) is 5.73 Å².